The molecule has 0 aliphatic heterocycles. The van der Waals surface area contributed by atoms with Gasteiger partial charge in [0.1, 0.15) is 0 Å². The minimum atomic E-state index is 0. The third-order valence-corrected chi connectivity index (χ3v) is 4.27. The maximum Gasteiger partial charge on any atom is 2.00 e. The predicted molar refractivity (Wildman–Crippen MR) is 97.6 cm³/mol. The van der Waals surface area contributed by atoms with E-state index in [0.29, 0.717) is 6.42 Å². The Morgan fingerprint density at radius 2 is 1.12 bits per heavy atom. The number of hydrogen-bond acceptors (Lipinski definition) is 2. The minimum absolute atomic E-state index is 0. The van der Waals surface area contributed by atoms with Crippen molar-refractivity contribution in [1.29, 1.82) is 0 Å². The zero-order valence-electron chi connectivity index (χ0n) is 14.9. The molecule has 2 aromatic rings. The number of benzene rings is 2. The number of hydrogen-bond donors (Lipinski definition) is 0. The molecular weight excluding hydrogens is 324 g/mol. The van der Waals surface area contributed by atoms with Gasteiger partial charge < -0.3 is 10.2 Å². The van der Waals surface area contributed by atoms with Gasteiger partial charge in [0.15, 0.2) is 0 Å². The van der Waals surface area contributed by atoms with Crippen molar-refractivity contribution in [3.8, 4) is 11.5 Å². The average Bonchev–Trinajstić information content (AvgIpc) is 2.56. The van der Waals surface area contributed by atoms with Crippen molar-refractivity contribution < 1.29 is 10.2 Å². The van der Waals surface area contributed by atoms with E-state index in [1.54, 1.807) is 12.1 Å². The van der Waals surface area contributed by atoms with Crippen LogP contribution in [0.15, 0.2) is 36.4 Å². The van der Waals surface area contributed by atoms with E-state index in [9.17, 15) is 10.2 Å². The topological polar surface area (TPSA) is 46.1 Å². The van der Waals surface area contributed by atoms with Crippen LogP contribution in [0.4, 0.5) is 0 Å². The molecule has 0 bridgehead atoms. The van der Waals surface area contributed by atoms with Crippen LogP contribution in [0.3, 0.4) is 0 Å². The van der Waals surface area contributed by atoms with Gasteiger partial charge in [-0.15, -0.1) is 11.5 Å². The first kappa shape index (κ1) is 21.3. The fourth-order valence-corrected chi connectivity index (χ4v) is 2.82. The van der Waals surface area contributed by atoms with Crippen LogP contribution in [0.25, 0.3) is 0 Å². The van der Waals surface area contributed by atoms with Crippen molar-refractivity contribution in [1.82, 2.24) is 0 Å². The summed E-state index contributed by atoms with van der Waals surface area (Å²) in [6.45, 7) is 4.32. The van der Waals surface area contributed by atoms with Gasteiger partial charge >= 0.3 is 37.7 Å². The smallest absolute Gasteiger partial charge is 0.872 e. The second-order valence-corrected chi connectivity index (χ2v) is 6.27. The zero-order valence-corrected chi connectivity index (χ0v) is 17.1. The summed E-state index contributed by atoms with van der Waals surface area (Å²) in [5, 5.41) is 24.2. The molecule has 0 spiro atoms. The molecule has 124 valence electrons. The molecule has 2 aromatic carbocycles. The van der Waals surface area contributed by atoms with Gasteiger partial charge in [-0.05, 0) is 43.2 Å². The van der Waals surface area contributed by atoms with Gasteiger partial charge in [0.05, 0.1) is 0 Å². The number of aryl methyl sites for hydroxylation is 2. The van der Waals surface area contributed by atoms with Crippen LogP contribution in [0, 0.1) is 0 Å². The summed E-state index contributed by atoms with van der Waals surface area (Å²) in [6, 6.07) is 11.1. The first-order valence-corrected chi connectivity index (χ1v) is 8.71. The molecule has 0 aliphatic rings. The van der Waals surface area contributed by atoms with E-state index < -0.39 is 0 Å². The molecule has 0 saturated heterocycles. The molecule has 0 heterocycles. The Hall–Kier alpha value is -0.700. The maximum atomic E-state index is 12.1. The first-order chi connectivity index (χ1) is 11.1. The summed E-state index contributed by atoms with van der Waals surface area (Å²) < 4.78 is 0. The molecule has 24 heavy (non-hydrogen) atoms. The van der Waals surface area contributed by atoms with Gasteiger partial charge in [-0.2, -0.15) is 0 Å². The molecule has 0 aliphatic carbocycles. The minimum Gasteiger partial charge on any atom is -0.872 e. The second kappa shape index (κ2) is 11.0. The Morgan fingerprint density at radius 1 is 0.708 bits per heavy atom. The molecule has 0 radical (unpaired) electrons. The molecule has 0 fully saturated rings. The summed E-state index contributed by atoms with van der Waals surface area (Å²) in [6.07, 6.45) is 6.94. The van der Waals surface area contributed by atoms with Crippen LogP contribution in [-0.4, -0.2) is 37.7 Å². The number of rotatable bonds is 8. The fraction of sp³-hybridized carbons (Fsp3) is 0.429. The van der Waals surface area contributed by atoms with Gasteiger partial charge in [-0.3, -0.25) is 0 Å². The van der Waals surface area contributed by atoms with E-state index in [1.807, 2.05) is 24.3 Å². The van der Waals surface area contributed by atoms with Crippen LogP contribution in [0.1, 0.15) is 61.8 Å². The van der Waals surface area contributed by atoms with Crippen LogP contribution in [0.2, 0.25) is 0 Å². The Morgan fingerprint density at radius 3 is 1.50 bits per heavy atom. The average molecular weight is 351 g/mol. The molecule has 2 rings (SSSR count). The Kier molecular flexibility index (Phi) is 9.80. The zero-order chi connectivity index (χ0) is 16.7. The fourth-order valence-electron chi connectivity index (χ4n) is 2.82. The summed E-state index contributed by atoms with van der Waals surface area (Å²) in [5.74, 6) is 0.0622. The van der Waals surface area contributed by atoms with E-state index in [-0.39, 0.29) is 49.2 Å². The van der Waals surface area contributed by atoms with Gasteiger partial charge in [0.25, 0.3) is 0 Å². The van der Waals surface area contributed by atoms with E-state index in [2.05, 4.69) is 13.8 Å². The summed E-state index contributed by atoms with van der Waals surface area (Å²) in [4.78, 5) is 0. The molecule has 0 unspecified atom stereocenters. The Bertz CT molecular complexity index is 582. The SMILES string of the molecule is CCCCc1ccc([O-])c(Cc2cc(CCCC)ccc2[O-])c1.[Ca+2]. The van der Waals surface area contributed by atoms with Crippen molar-refractivity contribution >= 4 is 37.7 Å². The Labute approximate surface area is 175 Å². The summed E-state index contributed by atoms with van der Waals surface area (Å²) >= 11 is 0. The predicted octanol–water partition coefficient (Wildman–Crippen LogP) is 3.73. The molecule has 0 amide bonds. The quantitative estimate of drug-likeness (QED) is 0.681. The van der Waals surface area contributed by atoms with Crippen LogP contribution >= 0.6 is 0 Å². The molecule has 2 nitrogen and oxygen atoms in total. The molecule has 0 atom stereocenters. The van der Waals surface area contributed by atoms with Gasteiger partial charge in [0.2, 0.25) is 0 Å². The van der Waals surface area contributed by atoms with E-state index >= 15 is 0 Å². The summed E-state index contributed by atoms with van der Waals surface area (Å²) in [7, 11) is 0. The number of unbranched alkanes of at least 4 members (excludes halogenated alkanes) is 2. The molecular formula is C21H26CaO2. The van der Waals surface area contributed by atoms with Gasteiger partial charge in [-0.1, -0.05) is 74.2 Å². The third kappa shape index (κ3) is 6.31. The standard InChI is InChI=1S/C21H28O2.Ca/c1-3-5-7-16-9-11-20(22)18(13-16)15-19-14-17(8-6-4-2)10-12-21(19)23;/h9-14,22-23H,3-8,15H2,1-2H3;/q;+2/p-2. The largest absolute Gasteiger partial charge is 2.00 e. The van der Waals surface area contributed by atoms with Gasteiger partial charge in [-0.25, -0.2) is 0 Å². The Balaban J connectivity index is 0.00000288. The molecule has 3 heteroatoms. The van der Waals surface area contributed by atoms with E-state index in [4.69, 9.17) is 0 Å². The second-order valence-electron chi connectivity index (χ2n) is 6.27. The van der Waals surface area contributed by atoms with E-state index in [0.717, 1.165) is 49.7 Å². The van der Waals surface area contributed by atoms with Crippen molar-refractivity contribution in [3.63, 3.8) is 0 Å². The maximum absolute atomic E-state index is 12.1. The van der Waals surface area contributed by atoms with Crippen LogP contribution < -0.4 is 10.2 Å². The van der Waals surface area contributed by atoms with Crippen molar-refractivity contribution in [2.75, 3.05) is 0 Å². The molecule has 0 saturated carbocycles. The van der Waals surface area contributed by atoms with Crippen LogP contribution in [-0.2, 0) is 19.3 Å². The van der Waals surface area contributed by atoms with Crippen molar-refractivity contribution in [3.05, 3.63) is 58.7 Å². The van der Waals surface area contributed by atoms with Crippen LogP contribution in [0.5, 0.6) is 11.5 Å². The first-order valence-electron chi connectivity index (χ1n) is 8.71. The third-order valence-electron chi connectivity index (χ3n) is 4.27. The van der Waals surface area contributed by atoms with Crippen molar-refractivity contribution in [2.45, 2.75) is 58.8 Å². The van der Waals surface area contributed by atoms with E-state index in [1.165, 1.54) is 11.1 Å². The van der Waals surface area contributed by atoms with Gasteiger partial charge in [0, 0.05) is 0 Å². The monoisotopic (exact) mass is 350 g/mol. The summed E-state index contributed by atoms with van der Waals surface area (Å²) in [5.41, 5.74) is 3.86. The molecule has 0 N–H and O–H groups in total. The normalized spacial score (nSPS) is 10.4. The molecule has 0 aromatic heterocycles. The van der Waals surface area contributed by atoms with Crippen molar-refractivity contribution in [2.24, 2.45) is 0 Å².